The van der Waals surface area contributed by atoms with Gasteiger partial charge in [-0.1, -0.05) is 280 Å². The maximum Gasteiger partial charge on any atom is 0.306 e. The van der Waals surface area contributed by atoms with Crippen LogP contribution in [0.25, 0.3) is 0 Å². The van der Waals surface area contributed by atoms with Crippen molar-refractivity contribution >= 4 is 17.9 Å². The summed E-state index contributed by atoms with van der Waals surface area (Å²) >= 11 is 0. The van der Waals surface area contributed by atoms with Gasteiger partial charge in [-0.3, -0.25) is 14.4 Å². The molecule has 0 fully saturated rings. The summed E-state index contributed by atoms with van der Waals surface area (Å²) in [6, 6.07) is 0. The van der Waals surface area contributed by atoms with E-state index in [1.54, 1.807) is 0 Å². The highest BCUT2D eigenvalue weighted by Gasteiger charge is 2.19. The molecular weight excluding hydrogens is 865 g/mol. The van der Waals surface area contributed by atoms with E-state index in [0.29, 0.717) is 19.3 Å². The van der Waals surface area contributed by atoms with Gasteiger partial charge in [0, 0.05) is 19.3 Å². The average Bonchev–Trinajstić information content (AvgIpc) is 3.36. The van der Waals surface area contributed by atoms with Crippen molar-refractivity contribution in [3.63, 3.8) is 0 Å². The van der Waals surface area contributed by atoms with Gasteiger partial charge < -0.3 is 14.2 Å². The van der Waals surface area contributed by atoms with Crippen LogP contribution in [0.3, 0.4) is 0 Å². The smallest absolute Gasteiger partial charge is 0.306 e. The van der Waals surface area contributed by atoms with Crippen molar-refractivity contribution in [3.05, 3.63) is 72.9 Å². The number of unbranched alkanes of at least 4 members (excludes halogenated alkanes) is 31. The topological polar surface area (TPSA) is 78.9 Å². The monoisotopic (exact) mass is 977 g/mol. The lowest BCUT2D eigenvalue weighted by Gasteiger charge is -2.18. The zero-order valence-corrected chi connectivity index (χ0v) is 46.3. The third kappa shape index (κ3) is 55.8. The lowest BCUT2D eigenvalue weighted by molar-refractivity contribution is -0.167. The average molecular weight is 978 g/mol. The van der Waals surface area contributed by atoms with Crippen LogP contribution >= 0.6 is 0 Å². The van der Waals surface area contributed by atoms with Gasteiger partial charge in [0.2, 0.25) is 0 Å². The Hall–Kier alpha value is -3.15. The first-order chi connectivity index (χ1) is 34.5. The summed E-state index contributed by atoms with van der Waals surface area (Å²) in [6.45, 7) is 6.53. The summed E-state index contributed by atoms with van der Waals surface area (Å²) in [5.74, 6) is -0.892. The molecule has 0 aromatic rings. The standard InChI is InChI=1S/C64H112O6/c1-4-7-10-13-16-19-22-25-27-29-30-31-32-33-34-36-37-39-42-45-48-51-54-57-63(66)69-60-61(59-68-62(65)56-53-50-47-44-41-24-21-18-15-12-9-6-3)70-64(67)58-55-52-49-46-43-40-38-35-28-26-23-20-17-14-11-8-5-2/h7,10,16,19,25,27,30-31,33-34,37,39,61H,4-6,8-9,11-15,17-18,20-24,26,28-29,32,35-36,38,40-60H2,1-3H3/b10-7-,19-16-,27-25-,31-30-,34-33-,39-37-. The highest BCUT2D eigenvalue weighted by atomic mass is 16.6. The van der Waals surface area contributed by atoms with Crippen molar-refractivity contribution in [2.24, 2.45) is 0 Å². The molecule has 6 nitrogen and oxygen atoms in total. The largest absolute Gasteiger partial charge is 0.462 e. The highest BCUT2D eigenvalue weighted by Crippen LogP contribution is 2.16. The molecule has 0 saturated carbocycles. The molecule has 0 aliphatic carbocycles. The molecule has 0 aromatic carbocycles. The molecule has 0 saturated heterocycles. The summed E-state index contributed by atoms with van der Waals surface area (Å²) in [5, 5.41) is 0. The minimum absolute atomic E-state index is 0.0796. The van der Waals surface area contributed by atoms with E-state index in [1.165, 1.54) is 148 Å². The summed E-state index contributed by atoms with van der Waals surface area (Å²) in [5.41, 5.74) is 0. The quantitative estimate of drug-likeness (QED) is 0.0261. The number of carbonyl (C=O) groups excluding carboxylic acids is 3. The fourth-order valence-corrected chi connectivity index (χ4v) is 8.51. The Kier molecular flexibility index (Phi) is 55.8. The lowest BCUT2D eigenvalue weighted by atomic mass is 10.0. The second-order valence-corrected chi connectivity index (χ2v) is 19.9. The highest BCUT2D eigenvalue weighted by molar-refractivity contribution is 5.71. The van der Waals surface area contributed by atoms with Crippen LogP contribution in [0.5, 0.6) is 0 Å². The van der Waals surface area contributed by atoms with E-state index in [1.807, 2.05) is 0 Å². The van der Waals surface area contributed by atoms with Crippen LogP contribution in [-0.4, -0.2) is 37.2 Å². The van der Waals surface area contributed by atoms with Crippen LogP contribution in [0.15, 0.2) is 72.9 Å². The van der Waals surface area contributed by atoms with E-state index in [-0.39, 0.29) is 31.1 Å². The van der Waals surface area contributed by atoms with Crippen LogP contribution in [0, 0.1) is 0 Å². The van der Waals surface area contributed by atoms with Crippen molar-refractivity contribution in [1.29, 1.82) is 0 Å². The van der Waals surface area contributed by atoms with E-state index >= 15 is 0 Å². The summed E-state index contributed by atoms with van der Waals surface area (Å²) in [4.78, 5) is 38.2. The van der Waals surface area contributed by atoms with Gasteiger partial charge in [-0.2, -0.15) is 0 Å². The van der Waals surface area contributed by atoms with Crippen LogP contribution in [-0.2, 0) is 28.6 Å². The minimum Gasteiger partial charge on any atom is -0.462 e. The number of hydrogen-bond acceptors (Lipinski definition) is 6. The van der Waals surface area contributed by atoms with Gasteiger partial charge in [-0.15, -0.1) is 0 Å². The summed E-state index contributed by atoms with van der Waals surface area (Å²) in [6.07, 6.45) is 74.6. The minimum atomic E-state index is -0.783. The third-order valence-electron chi connectivity index (χ3n) is 13.0. The number of ether oxygens (including phenoxy) is 3. The molecular formula is C64H112O6. The predicted molar refractivity (Wildman–Crippen MR) is 302 cm³/mol. The lowest BCUT2D eigenvalue weighted by Crippen LogP contribution is -2.30. The van der Waals surface area contributed by atoms with E-state index < -0.39 is 6.10 Å². The van der Waals surface area contributed by atoms with Crippen molar-refractivity contribution in [1.82, 2.24) is 0 Å². The maximum absolute atomic E-state index is 12.9. The zero-order chi connectivity index (χ0) is 50.7. The first-order valence-electron chi connectivity index (χ1n) is 29.9. The normalized spacial score (nSPS) is 12.6. The number of hydrogen-bond donors (Lipinski definition) is 0. The van der Waals surface area contributed by atoms with Crippen LogP contribution in [0.1, 0.15) is 297 Å². The van der Waals surface area contributed by atoms with Crippen molar-refractivity contribution in [2.45, 2.75) is 303 Å². The Morgan fingerprint density at radius 2 is 0.557 bits per heavy atom. The van der Waals surface area contributed by atoms with Gasteiger partial charge in [0.15, 0.2) is 6.10 Å². The molecule has 0 heterocycles. The molecule has 0 aromatic heterocycles. The fourth-order valence-electron chi connectivity index (χ4n) is 8.51. The molecule has 6 heteroatoms. The van der Waals surface area contributed by atoms with Gasteiger partial charge >= 0.3 is 17.9 Å². The molecule has 1 unspecified atom stereocenters. The van der Waals surface area contributed by atoms with Gasteiger partial charge in [0.25, 0.3) is 0 Å². The molecule has 70 heavy (non-hydrogen) atoms. The Bertz CT molecular complexity index is 1310. The zero-order valence-electron chi connectivity index (χ0n) is 46.3. The van der Waals surface area contributed by atoms with Crippen LogP contribution < -0.4 is 0 Å². The molecule has 0 bridgehead atoms. The fraction of sp³-hybridized carbons (Fsp3) is 0.766. The Morgan fingerprint density at radius 1 is 0.300 bits per heavy atom. The summed E-state index contributed by atoms with van der Waals surface area (Å²) in [7, 11) is 0. The number of allylic oxidation sites excluding steroid dienone is 12. The van der Waals surface area contributed by atoms with Gasteiger partial charge in [0.1, 0.15) is 13.2 Å². The maximum atomic E-state index is 12.9. The number of esters is 3. The molecule has 1 atom stereocenters. The molecule has 0 aliphatic rings. The van der Waals surface area contributed by atoms with E-state index in [2.05, 4.69) is 93.7 Å². The van der Waals surface area contributed by atoms with E-state index in [9.17, 15) is 14.4 Å². The Morgan fingerprint density at radius 3 is 0.871 bits per heavy atom. The molecule has 0 spiro atoms. The molecule has 404 valence electrons. The second-order valence-electron chi connectivity index (χ2n) is 19.9. The van der Waals surface area contributed by atoms with Crippen molar-refractivity contribution < 1.29 is 28.6 Å². The van der Waals surface area contributed by atoms with Gasteiger partial charge in [0.05, 0.1) is 0 Å². The van der Waals surface area contributed by atoms with Crippen molar-refractivity contribution in [3.8, 4) is 0 Å². The molecule has 0 amide bonds. The Labute approximate surface area is 433 Å². The third-order valence-corrected chi connectivity index (χ3v) is 13.0. The van der Waals surface area contributed by atoms with Crippen LogP contribution in [0.4, 0.5) is 0 Å². The van der Waals surface area contributed by atoms with Crippen molar-refractivity contribution in [2.75, 3.05) is 13.2 Å². The molecule has 0 rings (SSSR count). The molecule has 0 aliphatic heterocycles. The second kappa shape index (κ2) is 58.4. The number of rotatable bonds is 54. The van der Waals surface area contributed by atoms with Crippen LogP contribution in [0.2, 0.25) is 0 Å². The predicted octanol–water partition coefficient (Wildman–Crippen LogP) is 20.2. The molecule has 0 N–H and O–H groups in total. The van der Waals surface area contributed by atoms with E-state index in [4.69, 9.17) is 14.2 Å². The first kappa shape index (κ1) is 66.9. The number of carbonyl (C=O) groups is 3. The Balaban J connectivity index is 4.37. The van der Waals surface area contributed by atoms with Gasteiger partial charge in [-0.25, -0.2) is 0 Å². The molecule has 0 radical (unpaired) electrons. The SMILES string of the molecule is CC/C=C\C/C=C\C/C=C\C/C=C\C/C=C\C/C=C\CCCCCCC(=O)OCC(COC(=O)CCCCCCCCCCCCCC)OC(=O)CCCCCCCCCCCCCCCCCCC. The van der Waals surface area contributed by atoms with E-state index in [0.717, 1.165) is 109 Å². The van der Waals surface area contributed by atoms with Gasteiger partial charge in [-0.05, 0) is 70.6 Å². The summed E-state index contributed by atoms with van der Waals surface area (Å²) < 4.78 is 16.9. The first-order valence-corrected chi connectivity index (χ1v) is 29.9.